The molecule has 0 radical (unpaired) electrons. The molecule has 0 fully saturated rings. The van der Waals surface area contributed by atoms with E-state index in [1.165, 1.54) is 0 Å². The number of nitrogens with zero attached hydrogens (tertiary/aromatic N) is 5. The van der Waals surface area contributed by atoms with Crippen LogP contribution in [-0.4, -0.2) is 44.2 Å². The minimum atomic E-state index is -2.16. The lowest BCUT2D eigenvalue weighted by atomic mass is 9.99. The van der Waals surface area contributed by atoms with E-state index in [0.29, 0.717) is 23.6 Å². The lowest BCUT2D eigenvalue weighted by Crippen LogP contribution is -2.40. The molecule has 3 aromatic heterocycles. The third kappa shape index (κ3) is 6.62. The van der Waals surface area contributed by atoms with Gasteiger partial charge in [-0.2, -0.15) is 5.10 Å². The predicted molar refractivity (Wildman–Crippen MR) is 173 cm³/mol. The summed E-state index contributed by atoms with van der Waals surface area (Å²) in [5.74, 6) is 1.31. The van der Waals surface area contributed by atoms with Crippen molar-refractivity contribution in [3.63, 3.8) is 0 Å². The number of hydrogen-bond donors (Lipinski definition) is 1. The number of halogens is 1. The summed E-state index contributed by atoms with van der Waals surface area (Å²) in [6, 6.07) is 8.02. The van der Waals surface area contributed by atoms with Gasteiger partial charge >= 0.3 is 6.09 Å². The first-order valence-electron chi connectivity index (χ1n) is 13.9. The first-order chi connectivity index (χ1) is 19.4. The number of aromatic nitrogens is 5. The Balaban J connectivity index is 1.85. The lowest BCUT2D eigenvalue weighted by molar-refractivity contribution is 0.0523. The van der Waals surface area contributed by atoms with Crippen LogP contribution in [0.1, 0.15) is 58.5 Å². The molecule has 1 N–H and O–H groups in total. The summed E-state index contributed by atoms with van der Waals surface area (Å²) in [6.07, 6.45) is 3.20. The summed E-state index contributed by atoms with van der Waals surface area (Å²) in [6.45, 7) is 23.0. The fourth-order valence-electron chi connectivity index (χ4n) is 4.17. The van der Waals surface area contributed by atoms with Crippen LogP contribution in [0.2, 0.25) is 18.1 Å². The zero-order chi connectivity index (χ0) is 31.2. The highest BCUT2D eigenvalue weighted by Gasteiger charge is 2.39. The molecule has 4 aromatic rings. The maximum Gasteiger partial charge on any atom is 0.407 e. The quantitative estimate of drug-likeness (QED) is 0.161. The monoisotopic (exact) mass is 652 g/mol. The molecule has 3 heterocycles. The summed E-state index contributed by atoms with van der Waals surface area (Å²) in [5.41, 5.74) is 5.04. The molecule has 4 rings (SSSR count). The van der Waals surface area contributed by atoms with Crippen molar-refractivity contribution in [2.75, 3.05) is 0 Å². The van der Waals surface area contributed by atoms with Crippen LogP contribution in [0.25, 0.3) is 34.1 Å². The van der Waals surface area contributed by atoms with E-state index in [9.17, 15) is 4.79 Å². The summed E-state index contributed by atoms with van der Waals surface area (Å²) in [7, 11) is -0.205. The normalized spacial score (nSPS) is 12.5. The third-order valence-electron chi connectivity index (χ3n) is 7.42. The zero-order valence-electron chi connectivity index (χ0n) is 26.2. The second-order valence-corrected chi connectivity index (χ2v) is 18.6. The highest BCUT2D eigenvalue weighted by atomic mass is 79.9. The second kappa shape index (κ2) is 11.3. The van der Waals surface area contributed by atoms with Gasteiger partial charge in [0.1, 0.15) is 22.9 Å². The van der Waals surface area contributed by atoms with Crippen molar-refractivity contribution in [1.29, 1.82) is 0 Å². The molecule has 1 aromatic carbocycles. The van der Waals surface area contributed by atoms with Crippen LogP contribution in [0.4, 0.5) is 4.79 Å². The summed E-state index contributed by atoms with van der Waals surface area (Å²) < 4.78 is 16.6. The van der Waals surface area contributed by atoms with E-state index in [-0.39, 0.29) is 5.04 Å². The van der Waals surface area contributed by atoms with Crippen LogP contribution in [-0.2, 0) is 22.8 Å². The number of fused-ring (bicyclic) bond motifs is 1. The SMILES string of the molecule is C=C(O[Si](C)(C)C(C)(C)C)c1cc(-c2ccc(CNC(=O)OC(C)(C)C)cc2-c2nccn2C)n2nc(C)c(Br)c2n1. The van der Waals surface area contributed by atoms with Gasteiger partial charge in [-0.15, -0.1) is 0 Å². The standard InChI is InChI=1S/C31H41BrN6O3Si/c1-19-26(32)28-35-24(20(2)41-42(10,11)31(6,7)8)17-25(38(28)36-19)22-13-12-21(18-34-29(39)40-30(3,4)5)16-23(22)27-33-14-15-37(27)9/h12-17H,2,18H2,1,3-11H3,(H,34,39). The van der Waals surface area contributed by atoms with Crippen LogP contribution in [0, 0.1) is 6.92 Å². The number of benzene rings is 1. The minimum absolute atomic E-state index is 0.00516. The fraction of sp³-hybridized carbons (Fsp3) is 0.419. The molecule has 0 atom stereocenters. The van der Waals surface area contributed by atoms with Crippen molar-refractivity contribution in [2.45, 2.75) is 78.7 Å². The summed E-state index contributed by atoms with van der Waals surface area (Å²) in [5, 5.41) is 7.67. The van der Waals surface area contributed by atoms with Gasteiger partial charge in [0.05, 0.1) is 15.9 Å². The molecule has 42 heavy (non-hydrogen) atoms. The van der Waals surface area contributed by atoms with E-state index < -0.39 is 20.0 Å². The Hall–Kier alpha value is -3.44. The van der Waals surface area contributed by atoms with Gasteiger partial charge in [-0.05, 0) is 79.5 Å². The minimum Gasteiger partial charge on any atom is -0.542 e. The van der Waals surface area contributed by atoms with Crippen molar-refractivity contribution < 1.29 is 14.0 Å². The molecule has 0 spiro atoms. The van der Waals surface area contributed by atoms with Crippen molar-refractivity contribution in [3.05, 3.63) is 64.7 Å². The Morgan fingerprint density at radius 1 is 1.12 bits per heavy atom. The van der Waals surface area contributed by atoms with Gasteiger partial charge < -0.3 is 19.0 Å². The number of carbonyl (C=O) groups excluding carboxylic acids is 1. The Morgan fingerprint density at radius 2 is 1.81 bits per heavy atom. The first kappa shape index (κ1) is 31.5. The van der Waals surface area contributed by atoms with Gasteiger partial charge in [0.2, 0.25) is 0 Å². The van der Waals surface area contributed by atoms with Crippen LogP contribution in [0.5, 0.6) is 0 Å². The molecular formula is C31H41BrN6O3Si. The Labute approximate surface area is 257 Å². The van der Waals surface area contributed by atoms with E-state index in [0.717, 1.165) is 38.4 Å². The summed E-state index contributed by atoms with van der Waals surface area (Å²) >= 11 is 3.69. The van der Waals surface area contributed by atoms with E-state index in [1.807, 2.05) is 74.3 Å². The first-order valence-corrected chi connectivity index (χ1v) is 17.6. The third-order valence-corrected chi connectivity index (χ3v) is 12.7. The van der Waals surface area contributed by atoms with Gasteiger partial charge in [0.25, 0.3) is 8.32 Å². The number of imidazole rings is 1. The molecule has 11 heteroatoms. The molecule has 0 bridgehead atoms. The van der Waals surface area contributed by atoms with Gasteiger partial charge in [0.15, 0.2) is 5.65 Å². The molecule has 1 amide bonds. The van der Waals surface area contributed by atoms with Gasteiger partial charge in [-0.3, -0.25) is 0 Å². The largest absolute Gasteiger partial charge is 0.542 e. The van der Waals surface area contributed by atoms with Gasteiger partial charge in [-0.25, -0.2) is 19.3 Å². The van der Waals surface area contributed by atoms with Crippen LogP contribution >= 0.6 is 15.9 Å². The average Bonchev–Trinajstić information content (AvgIpc) is 3.42. The van der Waals surface area contributed by atoms with Gasteiger partial charge in [0, 0.05) is 37.1 Å². The highest BCUT2D eigenvalue weighted by Crippen LogP contribution is 2.40. The van der Waals surface area contributed by atoms with Crippen LogP contribution < -0.4 is 5.32 Å². The Bertz CT molecular complexity index is 1660. The second-order valence-electron chi connectivity index (χ2n) is 13.0. The fourth-order valence-corrected chi connectivity index (χ4v) is 5.53. The molecule has 0 aliphatic rings. The number of nitrogens with one attached hydrogen (secondary N) is 1. The van der Waals surface area contributed by atoms with E-state index in [2.05, 4.69) is 66.7 Å². The number of alkyl carbamates (subject to hydrolysis) is 1. The molecule has 0 aliphatic heterocycles. The maximum absolute atomic E-state index is 12.3. The molecule has 224 valence electrons. The van der Waals surface area contributed by atoms with Crippen LogP contribution in [0.15, 0.2) is 47.7 Å². The number of rotatable bonds is 7. The van der Waals surface area contributed by atoms with Crippen molar-refractivity contribution in [2.24, 2.45) is 7.05 Å². The van der Waals surface area contributed by atoms with E-state index in [1.54, 1.807) is 6.20 Å². The number of carbonyl (C=O) groups is 1. The maximum atomic E-state index is 12.3. The molecular weight excluding hydrogens is 612 g/mol. The molecule has 9 nitrogen and oxygen atoms in total. The topological polar surface area (TPSA) is 95.6 Å². The highest BCUT2D eigenvalue weighted by molar-refractivity contribution is 9.10. The molecule has 0 saturated heterocycles. The lowest BCUT2D eigenvalue weighted by Gasteiger charge is -2.37. The number of ether oxygens (including phenoxy) is 1. The Morgan fingerprint density at radius 3 is 2.40 bits per heavy atom. The number of amides is 1. The summed E-state index contributed by atoms with van der Waals surface area (Å²) in [4.78, 5) is 21.9. The van der Waals surface area contributed by atoms with Crippen LogP contribution in [0.3, 0.4) is 0 Å². The average molecular weight is 654 g/mol. The molecule has 0 unspecified atom stereocenters. The smallest absolute Gasteiger partial charge is 0.407 e. The number of aryl methyl sites for hydroxylation is 2. The van der Waals surface area contributed by atoms with Crippen molar-refractivity contribution in [1.82, 2.24) is 29.5 Å². The van der Waals surface area contributed by atoms with Gasteiger partial charge in [-0.1, -0.05) is 39.5 Å². The van der Waals surface area contributed by atoms with Crippen molar-refractivity contribution in [3.8, 4) is 22.6 Å². The van der Waals surface area contributed by atoms with E-state index in [4.69, 9.17) is 19.2 Å². The predicted octanol–water partition coefficient (Wildman–Crippen LogP) is 7.88. The van der Waals surface area contributed by atoms with Crippen molar-refractivity contribution >= 4 is 41.7 Å². The molecule has 0 saturated carbocycles. The number of hydrogen-bond acceptors (Lipinski definition) is 6. The molecule has 0 aliphatic carbocycles. The Kier molecular flexibility index (Phi) is 8.50. The van der Waals surface area contributed by atoms with E-state index >= 15 is 0 Å². The zero-order valence-corrected chi connectivity index (χ0v) is 28.8.